The van der Waals surface area contributed by atoms with Gasteiger partial charge >= 0.3 is 0 Å². The second-order valence-electron chi connectivity index (χ2n) is 7.90. The summed E-state index contributed by atoms with van der Waals surface area (Å²) < 4.78 is 25.2. The van der Waals surface area contributed by atoms with E-state index in [0.717, 1.165) is 27.6 Å². The summed E-state index contributed by atoms with van der Waals surface area (Å²) in [4.78, 5) is 15.8. The lowest BCUT2D eigenvalue weighted by Gasteiger charge is -2.28. The van der Waals surface area contributed by atoms with Gasteiger partial charge in [0, 0.05) is 22.7 Å². The number of aryl methyl sites for hydroxylation is 2. The molecule has 0 spiro atoms. The molecule has 2 heterocycles. The third-order valence-corrected chi connectivity index (χ3v) is 9.07. The molecule has 4 rings (SSSR count). The van der Waals surface area contributed by atoms with Gasteiger partial charge in [-0.3, -0.25) is 4.79 Å². The number of fused-ring (bicyclic) bond motifs is 1. The first-order valence-corrected chi connectivity index (χ1v) is 13.1. The Morgan fingerprint density at radius 2 is 1.87 bits per heavy atom. The highest BCUT2D eigenvalue weighted by molar-refractivity contribution is 7.91. The van der Waals surface area contributed by atoms with E-state index in [1.165, 1.54) is 16.9 Å². The van der Waals surface area contributed by atoms with E-state index in [1.807, 2.05) is 37.3 Å². The van der Waals surface area contributed by atoms with Gasteiger partial charge in [-0.1, -0.05) is 54.9 Å². The van der Waals surface area contributed by atoms with E-state index in [2.05, 4.69) is 19.1 Å². The van der Waals surface area contributed by atoms with Crippen molar-refractivity contribution in [2.45, 2.75) is 39.3 Å². The molecule has 1 aliphatic heterocycles. The van der Waals surface area contributed by atoms with E-state index in [0.29, 0.717) is 22.9 Å². The molecule has 2 aromatic carbocycles. The fraction of sp³-hybridized carbons (Fsp3) is 0.348. The molecular formula is C23H24ClNO3S2. The number of carbonyl (C=O) groups is 1. The summed E-state index contributed by atoms with van der Waals surface area (Å²) in [5.41, 5.74) is 3.31. The van der Waals surface area contributed by atoms with E-state index in [4.69, 9.17) is 11.6 Å². The van der Waals surface area contributed by atoms with Crippen molar-refractivity contribution in [1.29, 1.82) is 0 Å². The molecule has 1 saturated heterocycles. The maximum absolute atomic E-state index is 13.6. The van der Waals surface area contributed by atoms with Crippen LogP contribution in [-0.2, 0) is 22.8 Å². The van der Waals surface area contributed by atoms with Crippen LogP contribution in [0.25, 0.3) is 10.1 Å². The maximum atomic E-state index is 13.6. The number of hydrogen-bond acceptors (Lipinski definition) is 4. The first kappa shape index (κ1) is 21.3. The van der Waals surface area contributed by atoms with Crippen LogP contribution < -0.4 is 0 Å². The van der Waals surface area contributed by atoms with Crippen molar-refractivity contribution in [2.75, 3.05) is 11.5 Å². The van der Waals surface area contributed by atoms with Crippen LogP contribution in [0.5, 0.6) is 0 Å². The Morgan fingerprint density at radius 3 is 2.50 bits per heavy atom. The van der Waals surface area contributed by atoms with Crippen LogP contribution in [-0.4, -0.2) is 36.8 Å². The summed E-state index contributed by atoms with van der Waals surface area (Å²) in [6.45, 7) is 4.47. The topological polar surface area (TPSA) is 54.5 Å². The highest BCUT2D eigenvalue weighted by Gasteiger charge is 2.36. The molecule has 1 aliphatic rings. The molecule has 1 amide bonds. The summed E-state index contributed by atoms with van der Waals surface area (Å²) in [6.07, 6.45) is 1.41. The summed E-state index contributed by atoms with van der Waals surface area (Å²) in [7, 11) is -3.12. The second-order valence-corrected chi connectivity index (χ2v) is 11.6. The molecule has 30 heavy (non-hydrogen) atoms. The number of halogens is 1. The maximum Gasteiger partial charge on any atom is 0.266 e. The highest BCUT2D eigenvalue weighted by atomic mass is 35.5. The van der Waals surface area contributed by atoms with E-state index < -0.39 is 9.84 Å². The van der Waals surface area contributed by atoms with Gasteiger partial charge in [0.05, 0.1) is 16.5 Å². The Hall–Kier alpha value is -1.89. The zero-order chi connectivity index (χ0) is 21.5. The van der Waals surface area contributed by atoms with Gasteiger partial charge in [0.15, 0.2) is 9.84 Å². The van der Waals surface area contributed by atoms with Crippen molar-refractivity contribution in [2.24, 2.45) is 0 Å². The normalized spacial score (nSPS) is 18.0. The molecular weight excluding hydrogens is 438 g/mol. The SMILES string of the molecule is CCc1ccc(CN(C(=O)c2sc3cc(C)ccc3c2Cl)[C@H]2CCS(=O)(=O)C2)cc1. The lowest BCUT2D eigenvalue weighted by Crippen LogP contribution is -2.40. The van der Waals surface area contributed by atoms with Gasteiger partial charge < -0.3 is 4.90 Å². The lowest BCUT2D eigenvalue weighted by molar-refractivity contribution is 0.0686. The first-order chi connectivity index (χ1) is 14.3. The van der Waals surface area contributed by atoms with Crippen LogP contribution in [0.15, 0.2) is 42.5 Å². The van der Waals surface area contributed by atoms with Crippen molar-refractivity contribution in [3.63, 3.8) is 0 Å². The molecule has 1 atom stereocenters. The quantitative estimate of drug-likeness (QED) is 0.521. The molecule has 1 aromatic heterocycles. The van der Waals surface area contributed by atoms with Crippen molar-refractivity contribution < 1.29 is 13.2 Å². The van der Waals surface area contributed by atoms with Crippen LogP contribution in [0, 0.1) is 6.92 Å². The molecule has 7 heteroatoms. The average Bonchev–Trinajstić information content (AvgIpc) is 3.24. The van der Waals surface area contributed by atoms with Crippen LogP contribution in [0.2, 0.25) is 5.02 Å². The van der Waals surface area contributed by atoms with Gasteiger partial charge in [-0.05, 0) is 42.5 Å². The number of amides is 1. The zero-order valence-electron chi connectivity index (χ0n) is 17.0. The zero-order valence-corrected chi connectivity index (χ0v) is 19.4. The van der Waals surface area contributed by atoms with Gasteiger partial charge in [0.25, 0.3) is 5.91 Å². The number of sulfone groups is 1. The minimum Gasteiger partial charge on any atom is -0.330 e. The Bertz CT molecular complexity index is 1200. The average molecular weight is 462 g/mol. The number of rotatable bonds is 5. The lowest BCUT2D eigenvalue weighted by atomic mass is 10.1. The monoisotopic (exact) mass is 461 g/mol. The van der Waals surface area contributed by atoms with E-state index in [9.17, 15) is 13.2 Å². The number of thiophene rings is 1. The summed E-state index contributed by atoms with van der Waals surface area (Å²) in [5, 5.41) is 1.31. The number of carbonyl (C=O) groups excluding carboxylic acids is 1. The third kappa shape index (κ3) is 4.27. The fourth-order valence-corrected chi connectivity index (χ4v) is 7.20. The van der Waals surface area contributed by atoms with Crippen LogP contribution in [0.3, 0.4) is 0 Å². The van der Waals surface area contributed by atoms with Gasteiger partial charge in [-0.2, -0.15) is 0 Å². The van der Waals surface area contributed by atoms with Crippen molar-refractivity contribution in [3.8, 4) is 0 Å². The molecule has 0 N–H and O–H groups in total. The van der Waals surface area contributed by atoms with Gasteiger partial charge in [0.2, 0.25) is 0 Å². The van der Waals surface area contributed by atoms with Crippen LogP contribution >= 0.6 is 22.9 Å². The van der Waals surface area contributed by atoms with Crippen LogP contribution in [0.1, 0.15) is 39.7 Å². The van der Waals surface area contributed by atoms with Crippen LogP contribution in [0.4, 0.5) is 0 Å². The Morgan fingerprint density at radius 1 is 1.17 bits per heavy atom. The largest absolute Gasteiger partial charge is 0.330 e. The van der Waals surface area contributed by atoms with Gasteiger partial charge in [-0.25, -0.2) is 8.42 Å². The molecule has 3 aromatic rings. The van der Waals surface area contributed by atoms with Gasteiger partial charge in [-0.15, -0.1) is 11.3 Å². The Balaban J connectivity index is 1.71. The fourth-order valence-electron chi connectivity index (χ4n) is 3.91. The van der Waals surface area contributed by atoms with Crippen molar-refractivity contribution in [3.05, 3.63) is 69.1 Å². The minimum atomic E-state index is -3.12. The first-order valence-electron chi connectivity index (χ1n) is 10.1. The Kier molecular flexibility index (Phi) is 5.93. The molecule has 0 saturated carbocycles. The Labute approximate surface area is 186 Å². The third-order valence-electron chi connectivity index (χ3n) is 5.67. The number of benzene rings is 2. The van der Waals surface area contributed by atoms with Crippen molar-refractivity contribution in [1.82, 2.24) is 4.90 Å². The predicted molar refractivity (Wildman–Crippen MR) is 124 cm³/mol. The number of nitrogens with zero attached hydrogens (tertiary/aromatic N) is 1. The molecule has 0 bridgehead atoms. The molecule has 0 aliphatic carbocycles. The number of hydrogen-bond donors (Lipinski definition) is 0. The molecule has 1 fully saturated rings. The molecule has 158 valence electrons. The van der Waals surface area contributed by atoms with Gasteiger partial charge in [0.1, 0.15) is 4.88 Å². The van der Waals surface area contributed by atoms with Crippen molar-refractivity contribution >= 4 is 48.8 Å². The smallest absolute Gasteiger partial charge is 0.266 e. The summed E-state index contributed by atoms with van der Waals surface area (Å²) in [5.74, 6) is -0.0660. The standard InChI is InChI=1S/C23H24ClNO3S2/c1-3-16-5-7-17(8-6-16)13-25(18-10-11-30(27,28)14-18)23(26)22-21(24)19-9-4-15(2)12-20(19)29-22/h4-9,12,18H,3,10-11,13-14H2,1-2H3/t18-/m0/s1. The highest BCUT2D eigenvalue weighted by Crippen LogP contribution is 2.37. The predicted octanol–water partition coefficient (Wildman–Crippen LogP) is 5.26. The molecule has 0 unspecified atom stereocenters. The molecule has 0 radical (unpaired) electrons. The summed E-state index contributed by atoms with van der Waals surface area (Å²) in [6, 6.07) is 13.7. The summed E-state index contributed by atoms with van der Waals surface area (Å²) >= 11 is 7.98. The van der Waals surface area contributed by atoms with E-state index >= 15 is 0 Å². The van der Waals surface area contributed by atoms with E-state index in [1.54, 1.807) is 4.90 Å². The van der Waals surface area contributed by atoms with E-state index in [-0.39, 0.29) is 23.5 Å². The minimum absolute atomic E-state index is 0.00735. The molecule has 4 nitrogen and oxygen atoms in total. The second kappa shape index (κ2) is 8.33.